The van der Waals surface area contributed by atoms with Crippen LogP contribution in [0.25, 0.3) is 22.8 Å². The summed E-state index contributed by atoms with van der Waals surface area (Å²) in [6.45, 7) is 1.97. The molecule has 3 aromatic heterocycles. The Morgan fingerprint density at radius 1 is 1.12 bits per heavy atom. The molecule has 0 atom stereocenters. The van der Waals surface area contributed by atoms with Gasteiger partial charge in [0.25, 0.3) is 0 Å². The molecule has 0 bridgehead atoms. The molecule has 0 aliphatic carbocycles. The summed E-state index contributed by atoms with van der Waals surface area (Å²) < 4.78 is 7.07. The Balaban J connectivity index is 1.61. The zero-order valence-corrected chi connectivity index (χ0v) is 14.2. The maximum Gasteiger partial charge on any atom is 0.165 e. The van der Waals surface area contributed by atoms with Crippen molar-refractivity contribution in [1.29, 1.82) is 0 Å². The van der Waals surface area contributed by atoms with E-state index < -0.39 is 0 Å². The fourth-order valence-corrected chi connectivity index (χ4v) is 2.73. The highest BCUT2D eigenvalue weighted by Gasteiger charge is 2.13. The Kier molecular flexibility index (Phi) is 4.30. The Hall–Kier alpha value is -3.67. The van der Waals surface area contributed by atoms with Gasteiger partial charge in [-0.2, -0.15) is 10.2 Å². The van der Waals surface area contributed by atoms with Gasteiger partial charge in [0.05, 0.1) is 28.7 Å². The van der Waals surface area contributed by atoms with Gasteiger partial charge in [-0.05, 0) is 49.4 Å². The Morgan fingerprint density at radius 3 is 2.81 bits per heavy atom. The molecule has 0 aliphatic heterocycles. The van der Waals surface area contributed by atoms with Crippen LogP contribution in [0.15, 0.2) is 76.6 Å². The van der Waals surface area contributed by atoms with Gasteiger partial charge in [-0.1, -0.05) is 18.2 Å². The second-order valence-electron chi connectivity index (χ2n) is 5.65. The van der Waals surface area contributed by atoms with Crippen LogP contribution in [0.3, 0.4) is 0 Å². The zero-order valence-electron chi connectivity index (χ0n) is 14.2. The van der Waals surface area contributed by atoms with E-state index in [1.54, 1.807) is 18.7 Å². The average Bonchev–Trinajstić information content (AvgIpc) is 3.31. The molecular formula is C20H17N5O. The second kappa shape index (κ2) is 7.06. The summed E-state index contributed by atoms with van der Waals surface area (Å²) in [5.74, 6) is 0.780. The third-order valence-corrected chi connectivity index (χ3v) is 3.89. The van der Waals surface area contributed by atoms with Gasteiger partial charge in [-0.3, -0.25) is 5.43 Å². The second-order valence-corrected chi connectivity index (χ2v) is 5.65. The number of furan rings is 1. The predicted molar refractivity (Wildman–Crippen MR) is 103 cm³/mol. The number of hydrogen-bond acceptors (Lipinski definition) is 5. The first-order chi connectivity index (χ1) is 12.8. The fraction of sp³-hybridized carbons (Fsp3) is 0.0500. The molecule has 3 heterocycles. The van der Waals surface area contributed by atoms with E-state index in [4.69, 9.17) is 4.42 Å². The van der Waals surface area contributed by atoms with Crippen molar-refractivity contribution in [2.75, 3.05) is 5.43 Å². The maximum absolute atomic E-state index is 5.23. The molecule has 0 saturated carbocycles. The van der Waals surface area contributed by atoms with Crippen LogP contribution in [0.5, 0.6) is 0 Å². The lowest BCUT2D eigenvalue weighted by Gasteiger charge is -2.04. The fourth-order valence-electron chi connectivity index (χ4n) is 2.73. The van der Waals surface area contributed by atoms with Crippen LogP contribution >= 0.6 is 0 Å². The summed E-state index contributed by atoms with van der Waals surface area (Å²) in [6.07, 6.45) is 8.71. The third-order valence-electron chi connectivity index (χ3n) is 3.89. The van der Waals surface area contributed by atoms with E-state index in [1.807, 2.05) is 72.3 Å². The van der Waals surface area contributed by atoms with Crippen molar-refractivity contribution in [3.63, 3.8) is 0 Å². The van der Waals surface area contributed by atoms with Gasteiger partial charge < -0.3 is 4.42 Å². The number of aromatic nitrogens is 3. The smallest absolute Gasteiger partial charge is 0.165 e. The van der Waals surface area contributed by atoms with Gasteiger partial charge in [0.2, 0.25) is 0 Å². The van der Waals surface area contributed by atoms with Crippen LogP contribution in [0, 0.1) is 6.92 Å². The normalized spacial score (nSPS) is 11.7. The van der Waals surface area contributed by atoms with Crippen LogP contribution in [0.4, 0.5) is 5.69 Å². The van der Waals surface area contributed by atoms with Crippen molar-refractivity contribution in [2.45, 2.75) is 6.92 Å². The molecule has 0 radical (unpaired) electrons. The molecule has 0 fully saturated rings. The number of allylic oxidation sites excluding steroid dienone is 1. The monoisotopic (exact) mass is 343 g/mol. The lowest BCUT2D eigenvalue weighted by atomic mass is 10.2. The number of anilines is 1. The summed E-state index contributed by atoms with van der Waals surface area (Å²) in [4.78, 5) is 4.50. The minimum absolute atomic E-state index is 0.780. The van der Waals surface area contributed by atoms with E-state index in [-0.39, 0.29) is 0 Å². The van der Waals surface area contributed by atoms with Crippen LogP contribution in [-0.2, 0) is 0 Å². The lowest BCUT2D eigenvalue weighted by molar-refractivity contribution is 0.557. The lowest BCUT2D eigenvalue weighted by Crippen LogP contribution is -1.97. The Bertz CT molecular complexity index is 1060. The summed E-state index contributed by atoms with van der Waals surface area (Å²) in [5.41, 5.74) is 6.58. The topological polar surface area (TPSA) is 68.2 Å². The standard InChI is InChI=1S/C20H17N5O/c1-15-19-18(23-22-12-5-9-17-10-6-14-26-17)11-13-21-20(19)25(24-15)16-7-3-2-4-8-16/h2-14H,1H3,(H,21,23). The van der Waals surface area contributed by atoms with Crippen molar-refractivity contribution >= 4 is 29.0 Å². The van der Waals surface area contributed by atoms with Crippen LogP contribution in [0.2, 0.25) is 0 Å². The SMILES string of the molecule is Cc1nn(-c2ccccc2)c2nccc(NN=CC=Cc3ccco3)c12. The van der Waals surface area contributed by atoms with Gasteiger partial charge in [0, 0.05) is 12.4 Å². The third kappa shape index (κ3) is 3.12. The summed E-state index contributed by atoms with van der Waals surface area (Å²) in [7, 11) is 0. The molecule has 6 heteroatoms. The molecule has 26 heavy (non-hydrogen) atoms. The number of nitrogens with zero attached hydrogens (tertiary/aromatic N) is 4. The number of pyridine rings is 1. The molecule has 0 unspecified atom stereocenters. The zero-order chi connectivity index (χ0) is 17.8. The van der Waals surface area contributed by atoms with Gasteiger partial charge >= 0.3 is 0 Å². The van der Waals surface area contributed by atoms with Gasteiger partial charge in [-0.25, -0.2) is 9.67 Å². The molecule has 0 spiro atoms. The van der Waals surface area contributed by atoms with E-state index >= 15 is 0 Å². The van der Waals surface area contributed by atoms with Crippen molar-refractivity contribution in [1.82, 2.24) is 14.8 Å². The van der Waals surface area contributed by atoms with Gasteiger partial charge in [0.1, 0.15) is 5.76 Å². The van der Waals surface area contributed by atoms with Gasteiger partial charge in [-0.15, -0.1) is 0 Å². The number of hydrazone groups is 1. The Morgan fingerprint density at radius 2 is 2.00 bits per heavy atom. The molecule has 0 amide bonds. The summed E-state index contributed by atoms with van der Waals surface area (Å²) in [5, 5.41) is 9.83. The van der Waals surface area contributed by atoms with Gasteiger partial charge in [0.15, 0.2) is 5.65 Å². The molecule has 1 N–H and O–H groups in total. The summed E-state index contributed by atoms with van der Waals surface area (Å²) >= 11 is 0. The minimum atomic E-state index is 0.780. The van der Waals surface area contributed by atoms with Crippen LogP contribution < -0.4 is 5.43 Å². The quantitative estimate of drug-likeness (QED) is 0.430. The highest BCUT2D eigenvalue weighted by molar-refractivity contribution is 5.92. The number of fused-ring (bicyclic) bond motifs is 1. The van der Waals surface area contributed by atoms with E-state index in [2.05, 4.69) is 20.6 Å². The van der Waals surface area contributed by atoms with Crippen LogP contribution in [0.1, 0.15) is 11.5 Å². The van der Waals surface area contributed by atoms with E-state index in [1.165, 1.54) is 0 Å². The summed E-state index contributed by atoms with van der Waals surface area (Å²) in [6, 6.07) is 15.6. The van der Waals surface area contributed by atoms with E-state index in [0.717, 1.165) is 33.9 Å². The van der Waals surface area contributed by atoms with Crippen LogP contribution in [-0.4, -0.2) is 21.0 Å². The van der Waals surface area contributed by atoms with E-state index in [9.17, 15) is 0 Å². The first kappa shape index (κ1) is 15.8. The highest BCUT2D eigenvalue weighted by atomic mass is 16.3. The number of rotatable bonds is 5. The molecule has 0 saturated heterocycles. The van der Waals surface area contributed by atoms with Crippen molar-refractivity contribution in [3.8, 4) is 5.69 Å². The highest BCUT2D eigenvalue weighted by Crippen LogP contribution is 2.26. The Labute approximate surface area is 150 Å². The average molecular weight is 343 g/mol. The first-order valence-electron chi connectivity index (χ1n) is 8.22. The molecule has 1 aromatic carbocycles. The molecular weight excluding hydrogens is 326 g/mol. The molecule has 6 nitrogen and oxygen atoms in total. The molecule has 4 rings (SSSR count). The number of nitrogens with one attached hydrogen (secondary N) is 1. The van der Waals surface area contributed by atoms with Crippen molar-refractivity contribution in [3.05, 3.63) is 78.5 Å². The van der Waals surface area contributed by atoms with Crippen molar-refractivity contribution in [2.24, 2.45) is 5.10 Å². The maximum atomic E-state index is 5.23. The molecule has 128 valence electrons. The number of aryl methyl sites for hydroxylation is 1. The largest absolute Gasteiger partial charge is 0.465 e. The number of para-hydroxylation sites is 1. The predicted octanol–water partition coefficient (Wildman–Crippen LogP) is 4.43. The molecule has 4 aromatic rings. The van der Waals surface area contributed by atoms with E-state index in [0.29, 0.717) is 0 Å². The molecule has 0 aliphatic rings. The number of benzene rings is 1. The van der Waals surface area contributed by atoms with Crippen molar-refractivity contribution < 1.29 is 4.42 Å². The number of hydrogen-bond donors (Lipinski definition) is 1. The minimum Gasteiger partial charge on any atom is -0.465 e. The first-order valence-corrected chi connectivity index (χ1v) is 8.22.